The van der Waals surface area contributed by atoms with Crippen molar-refractivity contribution in [2.75, 3.05) is 52.5 Å². The number of morpholine rings is 1. The van der Waals surface area contributed by atoms with Crippen molar-refractivity contribution < 1.29 is 14.3 Å². The van der Waals surface area contributed by atoms with Crippen molar-refractivity contribution in [2.45, 2.75) is 32.6 Å². The smallest absolute Gasteiger partial charge is 0.224 e. The van der Waals surface area contributed by atoms with Gasteiger partial charge in [-0.25, -0.2) is 0 Å². The molecule has 3 rings (SSSR count). The van der Waals surface area contributed by atoms with Crippen LogP contribution in [0.1, 0.15) is 29.0 Å². The van der Waals surface area contributed by atoms with E-state index in [0.717, 1.165) is 52.2 Å². The Hall–Kier alpha value is -1.44. The fraction of sp³-hybridized carbons (Fsp3) is 0.700. The number of thiophene rings is 1. The molecule has 0 aromatic carbocycles. The van der Waals surface area contributed by atoms with Crippen LogP contribution in [0.25, 0.3) is 0 Å². The molecule has 0 saturated carbocycles. The van der Waals surface area contributed by atoms with Gasteiger partial charge in [0.15, 0.2) is 0 Å². The second kappa shape index (κ2) is 10.2. The predicted molar refractivity (Wildman–Crippen MR) is 107 cm³/mol. The zero-order valence-electron chi connectivity index (χ0n) is 16.2. The number of rotatable bonds is 8. The number of ether oxygens (including phenoxy) is 1. The number of carbonyl (C=O) groups excluding carboxylic acids is 2. The monoisotopic (exact) mass is 393 g/mol. The quantitative estimate of drug-likeness (QED) is 0.730. The summed E-state index contributed by atoms with van der Waals surface area (Å²) in [7, 11) is 0. The van der Waals surface area contributed by atoms with E-state index in [0.29, 0.717) is 25.9 Å². The molecule has 1 N–H and O–H groups in total. The summed E-state index contributed by atoms with van der Waals surface area (Å²) < 4.78 is 5.37. The molecule has 27 heavy (non-hydrogen) atoms. The summed E-state index contributed by atoms with van der Waals surface area (Å²) in [5.74, 6) is 0.209. The normalized spacial score (nSPS) is 21.4. The Balaban J connectivity index is 1.37. The minimum Gasteiger partial charge on any atom is -0.379 e. The van der Waals surface area contributed by atoms with Gasteiger partial charge in [0, 0.05) is 55.4 Å². The lowest BCUT2D eigenvalue weighted by molar-refractivity contribution is -0.138. The van der Waals surface area contributed by atoms with Gasteiger partial charge in [0.2, 0.25) is 11.8 Å². The average molecular weight is 394 g/mol. The standard InChI is InChI=1S/C20H31N3O3S/c1-16-3-5-18(27-16)7-8-21-20(25)17-4-6-19(24)23(15-17)10-2-9-22-11-13-26-14-12-22/h3,5,17H,2,4,6-15H2,1H3,(H,21,25)/t17-/m0/s1. The molecule has 7 heteroatoms. The van der Waals surface area contributed by atoms with E-state index < -0.39 is 0 Å². The summed E-state index contributed by atoms with van der Waals surface area (Å²) in [6, 6.07) is 4.24. The van der Waals surface area contributed by atoms with Crippen molar-refractivity contribution in [1.82, 2.24) is 15.1 Å². The maximum absolute atomic E-state index is 12.5. The third-order valence-corrected chi connectivity index (χ3v) is 6.40. The zero-order chi connectivity index (χ0) is 19.1. The number of carbonyl (C=O) groups is 2. The summed E-state index contributed by atoms with van der Waals surface area (Å²) in [6.45, 7) is 8.61. The van der Waals surface area contributed by atoms with Crippen LogP contribution in [0, 0.1) is 12.8 Å². The van der Waals surface area contributed by atoms with E-state index >= 15 is 0 Å². The van der Waals surface area contributed by atoms with E-state index in [-0.39, 0.29) is 17.7 Å². The number of hydrogen-bond donors (Lipinski definition) is 1. The lowest BCUT2D eigenvalue weighted by Crippen LogP contribution is -2.47. The maximum atomic E-state index is 12.5. The van der Waals surface area contributed by atoms with Gasteiger partial charge in [-0.3, -0.25) is 14.5 Å². The van der Waals surface area contributed by atoms with Crippen LogP contribution in [0.2, 0.25) is 0 Å². The molecule has 1 aromatic heterocycles. The number of hydrogen-bond acceptors (Lipinski definition) is 5. The van der Waals surface area contributed by atoms with Gasteiger partial charge < -0.3 is 15.0 Å². The van der Waals surface area contributed by atoms with Crippen LogP contribution in [0.5, 0.6) is 0 Å². The Bertz CT molecular complexity index is 628. The summed E-state index contributed by atoms with van der Waals surface area (Å²) in [5.41, 5.74) is 0. The third kappa shape index (κ3) is 6.30. The number of nitrogens with zero attached hydrogens (tertiary/aromatic N) is 2. The van der Waals surface area contributed by atoms with Gasteiger partial charge in [0.25, 0.3) is 0 Å². The Labute approximate surface area is 165 Å². The van der Waals surface area contributed by atoms with Crippen LogP contribution in [0.4, 0.5) is 0 Å². The van der Waals surface area contributed by atoms with E-state index in [1.54, 1.807) is 11.3 Å². The highest BCUT2D eigenvalue weighted by Gasteiger charge is 2.29. The summed E-state index contributed by atoms with van der Waals surface area (Å²) in [5, 5.41) is 3.06. The predicted octanol–water partition coefficient (Wildman–Crippen LogP) is 1.68. The molecule has 0 radical (unpaired) electrons. The fourth-order valence-electron chi connectivity index (χ4n) is 3.73. The Kier molecular flexibility index (Phi) is 7.67. The van der Waals surface area contributed by atoms with Gasteiger partial charge in [-0.15, -0.1) is 11.3 Å². The number of likely N-dealkylation sites (tertiary alicyclic amines) is 1. The minimum absolute atomic E-state index is 0.0730. The van der Waals surface area contributed by atoms with Crippen LogP contribution in [0.3, 0.4) is 0 Å². The van der Waals surface area contributed by atoms with Crippen molar-refractivity contribution >= 4 is 23.2 Å². The van der Waals surface area contributed by atoms with Crippen molar-refractivity contribution in [3.63, 3.8) is 0 Å². The molecular weight excluding hydrogens is 362 g/mol. The first-order valence-electron chi connectivity index (χ1n) is 10.0. The molecule has 2 aliphatic heterocycles. The summed E-state index contributed by atoms with van der Waals surface area (Å²) >= 11 is 1.78. The number of nitrogens with one attached hydrogen (secondary N) is 1. The fourth-order valence-corrected chi connectivity index (χ4v) is 4.62. The van der Waals surface area contributed by atoms with E-state index in [2.05, 4.69) is 29.3 Å². The summed E-state index contributed by atoms with van der Waals surface area (Å²) in [6.07, 6.45) is 2.99. The van der Waals surface area contributed by atoms with Crippen LogP contribution in [0.15, 0.2) is 12.1 Å². The molecule has 1 aromatic rings. The molecule has 0 unspecified atom stereocenters. The molecule has 0 bridgehead atoms. The molecule has 0 spiro atoms. The topological polar surface area (TPSA) is 61.9 Å². The third-order valence-electron chi connectivity index (χ3n) is 5.34. The Morgan fingerprint density at radius 2 is 2.11 bits per heavy atom. The lowest BCUT2D eigenvalue weighted by atomic mass is 9.96. The highest BCUT2D eigenvalue weighted by Crippen LogP contribution is 2.19. The first kappa shape index (κ1) is 20.3. The van der Waals surface area contributed by atoms with Crippen molar-refractivity contribution in [3.8, 4) is 0 Å². The molecule has 2 amide bonds. The van der Waals surface area contributed by atoms with Gasteiger partial charge >= 0.3 is 0 Å². The largest absolute Gasteiger partial charge is 0.379 e. The molecular formula is C20H31N3O3S. The van der Waals surface area contributed by atoms with Crippen molar-refractivity contribution in [1.29, 1.82) is 0 Å². The lowest BCUT2D eigenvalue weighted by Gasteiger charge is -2.33. The van der Waals surface area contributed by atoms with Crippen LogP contribution < -0.4 is 5.32 Å². The van der Waals surface area contributed by atoms with E-state index in [1.165, 1.54) is 9.75 Å². The van der Waals surface area contributed by atoms with Crippen molar-refractivity contribution in [2.24, 2.45) is 5.92 Å². The molecule has 2 fully saturated rings. The summed E-state index contributed by atoms with van der Waals surface area (Å²) in [4.78, 5) is 31.6. The number of amides is 2. The Morgan fingerprint density at radius 1 is 1.30 bits per heavy atom. The first-order chi connectivity index (χ1) is 13.1. The van der Waals surface area contributed by atoms with Gasteiger partial charge in [-0.2, -0.15) is 0 Å². The van der Waals surface area contributed by atoms with Gasteiger partial charge in [0.1, 0.15) is 0 Å². The zero-order valence-corrected chi connectivity index (χ0v) is 17.1. The van der Waals surface area contributed by atoms with E-state index in [9.17, 15) is 9.59 Å². The molecule has 2 saturated heterocycles. The Morgan fingerprint density at radius 3 is 2.85 bits per heavy atom. The van der Waals surface area contributed by atoms with Gasteiger partial charge in [-0.05, 0) is 38.3 Å². The SMILES string of the molecule is Cc1ccc(CCNC(=O)[C@H]2CCC(=O)N(CCCN3CCOCC3)C2)s1. The highest BCUT2D eigenvalue weighted by molar-refractivity contribution is 7.11. The van der Waals surface area contributed by atoms with Crippen LogP contribution >= 0.6 is 11.3 Å². The second-order valence-electron chi connectivity index (χ2n) is 7.44. The molecule has 0 aliphatic carbocycles. The minimum atomic E-state index is -0.0730. The highest BCUT2D eigenvalue weighted by atomic mass is 32.1. The molecule has 1 atom stereocenters. The molecule has 3 heterocycles. The van der Waals surface area contributed by atoms with Crippen LogP contribution in [-0.2, 0) is 20.7 Å². The van der Waals surface area contributed by atoms with Crippen molar-refractivity contribution in [3.05, 3.63) is 21.9 Å². The number of aryl methyl sites for hydroxylation is 1. The van der Waals surface area contributed by atoms with E-state index in [1.807, 2.05) is 4.90 Å². The molecule has 2 aliphatic rings. The van der Waals surface area contributed by atoms with E-state index in [4.69, 9.17) is 4.74 Å². The van der Waals surface area contributed by atoms with Gasteiger partial charge in [0.05, 0.1) is 19.1 Å². The molecule has 150 valence electrons. The average Bonchev–Trinajstić information content (AvgIpc) is 3.09. The molecule has 6 nitrogen and oxygen atoms in total. The first-order valence-corrected chi connectivity index (χ1v) is 10.8. The van der Waals surface area contributed by atoms with Gasteiger partial charge in [-0.1, -0.05) is 0 Å². The maximum Gasteiger partial charge on any atom is 0.224 e. The van der Waals surface area contributed by atoms with Crippen LogP contribution in [-0.4, -0.2) is 74.1 Å². The number of piperidine rings is 1. The second-order valence-corrected chi connectivity index (χ2v) is 8.81.